The number of carbonyl (C=O) groups excluding carboxylic acids is 1. The van der Waals surface area contributed by atoms with Crippen molar-refractivity contribution in [3.63, 3.8) is 0 Å². The molecule has 3 rings (SSSR count). The lowest BCUT2D eigenvalue weighted by Crippen LogP contribution is -2.31. The normalized spacial score (nSPS) is 20.3. The van der Waals surface area contributed by atoms with Crippen molar-refractivity contribution in [2.24, 2.45) is 7.05 Å². The number of likely N-dealkylation sites (N-methyl/N-ethyl adjacent to an activating group) is 1. The minimum Gasteiger partial charge on any atom is -0.364 e. The third-order valence-electron chi connectivity index (χ3n) is 4.64. The second-order valence-electron chi connectivity index (χ2n) is 6.13. The Bertz CT molecular complexity index is 834. The van der Waals surface area contributed by atoms with Crippen LogP contribution in [0.2, 0.25) is 0 Å². The molecule has 3 heterocycles. The molecule has 0 aromatic carbocycles. The fourth-order valence-electron chi connectivity index (χ4n) is 3.38. The average molecular weight is 324 g/mol. The molecule has 7 nitrogen and oxygen atoms in total. The number of anilines is 1. The Morgan fingerprint density at radius 1 is 1.33 bits per heavy atom. The summed E-state index contributed by atoms with van der Waals surface area (Å²) in [6.07, 6.45) is 0.382. The van der Waals surface area contributed by atoms with Crippen molar-refractivity contribution in [1.29, 1.82) is 5.26 Å². The van der Waals surface area contributed by atoms with Crippen LogP contribution >= 0.6 is 0 Å². The van der Waals surface area contributed by atoms with Gasteiger partial charge < -0.3 is 10.2 Å². The molecule has 1 fully saturated rings. The molecular weight excluding hydrogens is 304 g/mol. The van der Waals surface area contributed by atoms with Crippen molar-refractivity contribution in [2.45, 2.75) is 32.4 Å². The first-order valence-electron chi connectivity index (χ1n) is 7.81. The number of rotatable bonds is 3. The van der Waals surface area contributed by atoms with Gasteiger partial charge >= 0.3 is 0 Å². The van der Waals surface area contributed by atoms with Crippen molar-refractivity contribution in [3.05, 3.63) is 40.8 Å². The standard InChI is InChI=1S/C17H20N6O/c1-10-16(11(2)23(4)21-10)17-13(8-15(24)22(17)3)20-14-7-5-6-12(9-18)19-14/h5-7,13,17H,8H2,1-4H3,(H,19,20)/t13-,17-/m1/s1. The first kappa shape index (κ1) is 16.0. The number of likely N-dealkylation sites (tertiary alicyclic amines) is 1. The van der Waals surface area contributed by atoms with Crippen molar-refractivity contribution in [2.75, 3.05) is 12.4 Å². The predicted octanol–water partition coefficient (Wildman–Crippen LogP) is 1.69. The van der Waals surface area contributed by atoms with E-state index in [9.17, 15) is 4.79 Å². The average Bonchev–Trinajstić information content (AvgIpc) is 2.96. The number of nitrogens with zero attached hydrogens (tertiary/aromatic N) is 5. The predicted molar refractivity (Wildman–Crippen MR) is 89.2 cm³/mol. The van der Waals surface area contributed by atoms with E-state index in [1.807, 2.05) is 44.8 Å². The molecule has 1 aliphatic rings. The molecule has 0 bridgehead atoms. The molecule has 1 N–H and O–H groups in total. The first-order chi connectivity index (χ1) is 11.4. The largest absolute Gasteiger partial charge is 0.364 e. The Hall–Kier alpha value is -2.88. The number of aromatic nitrogens is 3. The van der Waals surface area contributed by atoms with Crippen molar-refractivity contribution in [1.82, 2.24) is 19.7 Å². The number of pyridine rings is 1. The SMILES string of the molecule is Cc1nn(C)c(C)c1[C@H]1[C@H](Nc2cccc(C#N)n2)CC(=O)N1C. The number of nitriles is 1. The Labute approximate surface area is 140 Å². The fourth-order valence-corrected chi connectivity index (χ4v) is 3.38. The molecule has 1 saturated heterocycles. The number of amides is 1. The van der Waals surface area contributed by atoms with Crippen molar-refractivity contribution in [3.8, 4) is 6.07 Å². The maximum absolute atomic E-state index is 12.3. The summed E-state index contributed by atoms with van der Waals surface area (Å²) in [6, 6.07) is 7.05. The maximum Gasteiger partial charge on any atom is 0.225 e. The van der Waals surface area contributed by atoms with Gasteiger partial charge in [-0.2, -0.15) is 10.4 Å². The van der Waals surface area contributed by atoms with Crippen LogP contribution in [0.5, 0.6) is 0 Å². The van der Waals surface area contributed by atoms with Crippen LogP contribution in [0.3, 0.4) is 0 Å². The summed E-state index contributed by atoms with van der Waals surface area (Å²) in [7, 11) is 3.72. The highest BCUT2D eigenvalue weighted by Gasteiger charge is 2.41. The lowest BCUT2D eigenvalue weighted by Gasteiger charge is -2.26. The monoisotopic (exact) mass is 324 g/mol. The molecule has 2 aromatic rings. The van der Waals surface area contributed by atoms with E-state index in [1.165, 1.54) is 0 Å². The zero-order valence-corrected chi connectivity index (χ0v) is 14.2. The van der Waals surface area contributed by atoms with E-state index < -0.39 is 0 Å². The van der Waals surface area contributed by atoms with Gasteiger partial charge in [0.25, 0.3) is 0 Å². The lowest BCUT2D eigenvalue weighted by atomic mass is 9.98. The summed E-state index contributed by atoms with van der Waals surface area (Å²) >= 11 is 0. The highest BCUT2D eigenvalue weighted by atomic mass is 16.2. The van der Waals surface area contributed by atoms with Gasteiger partial charge in [-0.1, -0.05) is 6.07 Å². The maximum atomic E-state index is 12.3. The molecule has 0 unspecified atom stereocenters. The van der Waals surface area contributed by atoms with Gasteiger partial charge in [-0.3, -0.25) is 9.48 Å². The smallest absolute Gasteiger partial charge is 0.225 e. The minimum atomic E-state index is -0.120. The highest BCUT2D eigenvalue weighted by molar-refractivity contribution is 5.81. The minimum absolute atomic E-state index is 0.0802. The summed E-state index contributed by atoms with van der Waals surface area (Å²) in [5.74, 6) is 0.683. The van der Waals surface area contributed by atoms with Gasteiger partial charge in [0.2, 0.25) is 5.91 Å². The van der Waals surface area contributed by atoms with Gasteiger partial charge in [0.15, 0.2) is 0 Å². The summed E-state index contributed by atoms with van der Waals surface area (Å²) in [5, 5.41) is 16.8. The number of nitrogens with one attached hydrogen (secondary N) is 1. The molecule has 0 saturated carbocycles. The molecule has 0 spiro atoms. The molecule has 1 aliphatic heterocycles. The van der Waals surface area contributed by atoms with Crippen LogP contribution in [0, 0.1) is 25.2 Å². The van der Waals surface area contributed by atoms with Crippen LogP contribution in [0.4, 0.5) is 5.82 Å². The van der Waals surface area contributed by atoms with Crippen molar-refractivity contribution >= 4 is 11.7 Å². The summed E-state index contributed by atoms with van der Waals surface area (Å²) < 4.78 is 1.84. The Kier molecular flexibility index (Phi) is 3.97. The quantitative estimate of drug-likeness (QED) is 0.928. The van der Waals surface area contributed by atoms with E-state index in [0.717, 1.165) is 17.0 Å². The van der Waals surface area contributed by atoms with Crippen molar-refractivity contribution < 1.29 is 4.79 Å². The highest BCUT2D eigenvalue weighted by Crippen LogP contribution is 2.36. The molecule has 124 valence electrons. The second kappa shape index (κ2) is 5.96. The van der Waals surface area contributed by atoms with Crippen LogP contribution in [0.15, 0.2) is 18.2 Å². The molecule has 2 atom stereocenters. The van der Waals surface area contributed by atoms with E-state index in [1.54, 1.807) is 17.0 Å². The molecule has 1 amide bonds. The van der Waals surface area contributed by atoms with E-state index in [0.29, 0.717) is 17.9 Å². The van der Waals surface area contributed by atoms with Gasteiger partial charge in [-0.15, -0.1) is 0 Å². The molecular formula is C17H20N6O. The van der Waals surface area contributed by atoms with Gasteiger partial charge in [0, 0.05) is 31.8 Å². The topological polar surface area (TPSA) is 86.8 Å². The molecule has 2 aromatic heterocycles. The number of hydrogen-bond acceptors (Lipinski definition) is 5. The van der Waals surface area contributed by atoms with Crippen LogP contribution < -0.4 is 5.32 Å². The molecule has 7 heteroatoms. The zero-order chi connectivity index (χ0) is 17.4. The third-order valence-corrected chi connectivity index (χ3v) is 4.64. The first-order valence-corrected chi connectivity index (χ1v) is 7.81. The summed E-state index contributed by atoms with van der Waals surface area (Å²) in [4.78, 5) is 18.3. The number of carbonyl (C=O) groups is 1. The van der Waals surface area contributed by atoms with Gasteiger partial charge in [0.05, 0.1) is 17.8 Å². The Morgan fingerprint density at radius 2 is 2.08 bits per heavy atom. The number of aryl methyl sites for hydroxylation is 2. The molecule has 24 heavy (non-hydrogen) atoms. The van der Waals surface area contributed by atoms with E-state index in [-0.39, 0.29) is 18.0 Å². The Morgan fingerprint density at radius 3 is 2.71 bits per heavy atom. The van der Waals surface area contributed by atoms with Crippen LogP contribution in [0.25, 0.3) is 0 Å². The summed E-state index contributed by atoms with van der Waals surface area (Å²) in [5.41, 5.74) is 3.39. The Balaban J connectivity index is 1.96. The van der Waals surface area contributed by atoms with Crippen LogP contribution in [0.1, 0.15) is 35.1 Å². The lowest BCUT2D eigenvalue weighted by molar-refractivity contribution is -0.127. The second-order valence-corrected chi connectivity index (χ2v) is 6.13. The van der Waals surface area contributed by atoms with E-state index >= 15 is 0 Å². The number of hydrogen-bond donors (Lipinski definition) is 1. The fraction of sp³-hybridized carbons (Fsp3) is 0.412. The van der Waals surface area contributed by atoms with Gasteiger partial charge in [-0.05, 0) is 26.0 Å². The van der Waals surface area contributed by atoms with Crippen LogP contribution in [-0.4, -0.2) is 38.7 Å². The zero-order valence-electron chi connectivity index (χ0n) is 14.2. The molecule has 0 aliphatic carbocycles. The van der Waals surface area contributed by atoms with Gasteiger partial charge in [0.1, 0.15) is 17.6 Å². The van der Waals surface area contributed by atoms with E-state index in [4.69, 9.17) is 5.26 Å². The van der Waals surface area contributed by atoms with E-state index in [2.05, 4.69) is 15.4 Å². The molecule has 0 radical (unpaired) electrons. The van der Waals surface area contributed by atoms with Crippen LogP contribution in [-0.2, 0) is 11.8 Å². The summed E-state index contributed by atoms with van der Waals surface area (Å²) in [6.45, 7) is 3.97. The van der Waals surface area contributed by atoms with Gasteiger partial charge in [-0.25, -0.2) is 4.98 Å². The third kappa shape index (κ3) is 2.60.